The summed E-state index contributed by atoms with van der Waals surface area (Å²) >= 11 is 0.874. The van der Waals surface area contributed by atoms with Crippen LogP contribution in [0.1, 0.15) is 48.6 Å². The first-order valence-corrected chi connectivity index (χ1v) is 8.71. The molecule has 2 amide bonds. The summed E-state index contributed by atoms with van der Waals surface area (Å²) in [6, 6.07) is 1.41. The van der Waals surface area contributed by atoms with Gasteiger partial charge >= 0.3 is 6.18 Å². The number of thiophene rings is 1. The standard InChI is InChI=1S/C17H20F3N3O2S/c1-8-10-6-7-11(17(18,19)20)22-15(10)26-12(8)14(25)21-9(2)13(24)23-16(3,4)5/h6-7,9H,1-5H3,(H,21,25)(H,23,24). The highest BCUT2D eigenvalue weighted by Gasteiger charge is 2.33. The number of carbonyl (C=O) groups is 2. The van der Waals surface area contributed by atoms with Crippen LogP contribution < -0.4 is 10.6 Å². The Morgan fingerprint density at radius 2 is 1.81 bits per heavy atom. The maximum Gasteiger partial charge on any atom is 0.433 e. The summed E-state index contributed by atoms with van der Waals surface area (Å²) in [7, 11) is 0. The summed E-state index contributed by atoms with van der Waals surface area (Å²) in [6.45, 7) is 8.64. The van der Waals surface area contributed by atoms with E-state index in [1.165, 1.54) is 6.07 Å². The third-order valence-electron chi connectivity index (χ3n) is 3.54. The lowest BCUT2D eigenvalue weighted by molar-refractivity contribution is -0.141. The van der Waals surface area contributed by atoms with Gasteiger partial charge in [-0.1, -0.05) is 0 Å². The molecule has 0 spiro atoms. The molecule has 0 aliphatic heterocycles. The molecule has 26 heavy (non-hydrogen) atoms. The van der Waals surface area contributed by atoms with Crippen LogP contribution in [0.3, 0.4) is 0 Å². The Morgan fingerprint density at radius 3 is 2.35 bits per heavy atom. The van der Waals surface area contributed by atoms with Gasteiger partial charge in [0.25, 0.3) is 5.91 Å². The molecule has 2 N–H and O–H groups in total. The molecule has 0 saturated heterocycles. The predicted octanol–water partition coefficient (Wildman–Crippen LogP) is 3.66. The first-order chi connectivity index (χ1) is 11.8. The molecule has 142 valence electrons. The smallest absolute Gasteiger partial charge is 0.350 e. The van der Waals surface area contributed by atoms with Crippen LogP contribution in [0.15, 0.2) is 12.1 Å². The minimum absolute atomic E-state index is 0.134. The second-order valence-electron chi connectivity index (χ2n) is 7.04. The average molecular weight is 387 g/mol. The van der Waals surface area contributed by atoms with Crippen molar-refractivity contribution in [3.63, 3.8) is 0 Å². The van der Waals surface area contributed by atoms with Crippen molar-refractivity contribution < 1.29 is 22.8 Å². The summed E-state index contributed by atoms with van der Waals surface area (Å²) in [5.74, 6) is -0.863. The number of pyridine rings is 1. The Kier molecular flexibility index (Phi) is 5.32. The van der Waals surface area contributed by atoms with Gasteiger partial charge in [0.05, 0.1) is 4.88 Å². The van der Waals surface area contributed by atoms with Gasteiger partial charge in [0.2, 0.25) is 5.91 Å². The average Bonchev–Trinajstić information content (AvgIpc) is 2.81. The number of carbonyl (C=O) groups excluding carboxylic acids is 2. The molecule has 0 radical (unpaired) electrons. The van der Waals surface area contributed by atoms with Crippen LogP contribution in [-0.4, -0.2) is 28.4 Å². The van der Waals surface area contributed by atoms with E-state index in [0.29, 0.717) is 10.9 Å². The van der Waals surface area contributed by atoms with Gasteiger partial charge in [-0.15, -0.1) is 11.3 Å². The third-order valence-corrected chi connectivity index (χ3v) is 4.74. The molecule has 0 aliphatic rings. The molecular weight excluding hydrogens is 367 g/mol. The number of halogens is 3. The van der Waals surface area contributed by atoms with E-state index in [1.807, 2.05) is 20.8 Å². The van der Waals surface area contributed by atoms with Crippen molar-refractivity contribution in [2.24, 2.45) is 0 Å². The molecule has 0 saturated carbocycles. The molecule has 1 atom stereocenters. The van der Waals surface area contributed by atoms with Gasteiger partial charge in [-0.3, -0.25) is 9.59 Å². The minimum Gasteiger partial charge on any atom is -0.350 e. The van der Waals surface area contributed by atoms with Crippen molar-refractivity contribution in [2.75, 3.05) is 0 Å². The van der Waals surface area contributed by atoms with Crippen molar-refractivity contribution in [1.29, 1.82) is 0 Å². The Balaban J connectivity index is 2.25. The molecule has 2 heterocycles. The normalized spacial score (nSPS) is 13.5. The minimum atomic E-state index is -4.55. The van der Waals surface area contributed by atoms with Crippen molar-refractivity contribution in [3.05, 3.63) is 28.3 Å². The van der Waals surface area contributed by atoms with E-state index in [0.717, 1.165) is 17.4 Å². The molecule has 0 bridgehead atoms. The molecule has 5 nitrogen and oxygen atoms in total. The fourth-order valence-electron chi connectivity index (χ4n) is 2.28. The number of nitrogens with zero attached hydrogens (tertiary/aromatic N) is 1. The quantitative estimate of drug-likeness (QED) is 0.844. The van der Waals surface area contributed by atoms with E-state index in [2.05, 4.69) is 15.6 Å². The van der Waals surface area contributed by atoms with Gasteiger partial charge < -0.3 is 10.6 Å². The summed E-state index contributed by atoms with van der Waals surface area (Å²) < 4.78 is 38.4. The van der Waals surface area contributed by atoms with E-state index < -0.39 is 29.4 Å². The van der Waals surface area contributed by atoms with E-state index >= 15 is 0 Å². The Hall–Kier alpha value is -2.16. The Morgan fingerprint density at radius 1 is 1.19 bits per heavy atom. The zero-order valence-electron chi connectivity index (χ0n) is 15.0. The van der Waals surface area contributed by atoms with E-state index in [-0.39, 0.29) is 15.6 Å². The van der Waals surface area contributed by atoms with Crippen LogP contribution in [0.5, 0.6) is 0 Å². The number of hydrogen-bond donors (Lipinski definition) is 2. The lowest BCUT2D eigenvalue weighted by atomic mass is 10.1. The zero-order valence-corrected chi connectivity index (χ0v) is 15.9. The van der Waals surface area contributed by atoms with Gasteiger partial charge in [0, 0.05) is 10.9 Å². The third kappa shape index (κ3) is 4.51. The van der Waals surface area contributed by atoms with Crippen LogP contribution in [0.4, 0.5) is 13.2 Å². The highest BCUT2D eigenvalue weighted by molar-refractivity contribution is 7.20. The molecular formula is C17H20F3N3O2S. The SMILES string of the molecule is Cc1c(C(=O)NC(C)C(=O)NC(C)(C)C)sc2nc(C(F)(F)F)ccc12. The Bertz CT molecular complexity index is 853. The largest absolute Gasteiger partial charge is 0.433 e. The Labute approximate surface area is 153 Å². The van der Waals surface area contributed by atoms with Gasteiger partial charge in [0.15, 0.2) is 0 Å². The number of nitrogens with one attached hydrogen (secondary N) is 2. The lowest BCUT2D eigenvalue weighted by Crippen LogP contribution is -2.50. The lowest BCUT2D eigenvalue weighted by Gasteiger charge is -2.23. The van der Waals surface area contributed by atoms with Gasteiger partial charge in [0.1, 0.15) is 16.6 Å². The van der Waals surface area contributed by atoms with Gasteiger partial charge in [-0.25, -0.2) is 4.98 Å². The van der Waals surface area contributed by atoms with Crippen molar-refractivity contribution in [2.45, 2.75) is 52.4 Å². The second-order valence-corrected chi connectivity index (χ2v) is 8.04. The fourth-order valence-corrected chi connectivity index (χ4v) is 3.36. The van der Waals surface area contributed by atoms with Crippen LogP contribution >= 0.6 is 11.3 Å². The predicted molar refractivity (Wildman–Crippen MR) is 94.2 cm³/mol. The number of aromatic nitrogens is 1. The first-order valence-electron chi connectivity index (χ1n) is 7.90. The molecule has 2 rings (SSSR count). The highest BCUT2D eigenvalue weighted by atomic mass is 32.1. The number of rotatable bonds is 3. The fraction of sp³-hybridized carbons (Fsp3) is 0.471. The number of aryl methyl sites for hydroxylation is 1. The second kappa shape index (κ2) is 6.86. The number of fused-ring (bicyclic) bond motifs is 1. The maximum atomic E-state index is 12.8. The van der Waals surface area contributed by atoms with Gasteiger partial charge in [-0.05, 0) is 52.3 Å². The highest BCUT2D eigenvalue weighted by Crippen LogP contribution is 2.34. The van der Waals surface area contributed by atoms with Crippen LogP contribution in [-0.2, 0) is 11.0 Å². The summed E-state index contributed by atoms with van der Waals surface area (Å²) in [5, 5.41) is 5.81. The van der Waals surface area contributed by atoms with Crippen molar-refractivity contribution in [3.8, 4) is 0 Å². The van der Waals surface area contributed by atoms with Crippen molar-refractivity contribution >= 4 is 33.4 Å². The van der Waals surface area contributed by atoms with Crippen molar-refractivity contribution in [1.82, 2.24) is 15.6 Å². The zero-order chi connectivity index (χ0) is 19.9. The molecule has 0 fully saturated rings. The van der Waals surface area contributed by atoms with E-state index in [4.69, 9.17) is 0 Å². The monoisotopic (exact) mass is 387 g/mol. The first kappa shape index (κ1) is 20.2. The molecule has 0 aromatic carbocycles. The summed E-state index contributed by atoms with van der Waals surface area (Å²) in [4.78, 5) is 28.5. The van der Waals surface area contributed by atoms with Crippen LogP contribution in [0, 0.1) is 6.92 Å². The van der Waals surface area contributed by atoms with Crippen LogP contribution in [0.25, 0.3) is 10.2 Å². The number of hydrogen-bond acceptors (Lipinski definition) is 4. The summed E-state index contributed by atoms with van der Waals surface area (Å²) in [5.41, 5.74) is -0.912. The van der Waals surface area contributed by atoms with Gasteiger partial charge in [-0.2, -0.15) is 13.2 Å². The number of alkyl halides is 3. The molecule has 2 aromatic rings. The molecule has 2 aromatic heterocycles. The van der Waals surface area contributed by atoms with Crippen LogP contribution in [0.2, 0.25) is 0 Å². The van der Waals surface area contributed by atoms with E-state index in [9.17, 15) is 22.8 Å². The number of amides is 2. The summed E-state index contributed by atoms with van der Waals surface area (Å²) in [6.07, 6.45) is -4.55. The van der Waals surface area contributed by atoms with E-state index in [1.54, 1.807) is 13.8 Å². The maximum absolute atomic E-state index is 12.8. The molecule has 1 unspecified atom stereocenters. The topological polar surface area (TPSA) is 71.1 Å². The molecule has 0 aliphatic carbocycles. The molecule has 9 heteroatoms.